The van der Waals surface area contributed by atoms with E-state index in [-0.39, 0.29) is 6.04 Å². The van der Waals surface area contributed by atoms with Crippen molar-refractivity contribution in [1.82, 2.24) is 19.4 Å². The number of nitrogens with zero attached hydrogens (tertiary/aromatic N) is 3. The predicted octanol–water partition coefficient (Wildman–Crippen LogP) is 3.60. The molecule has 2 saturated carbocycles. The minimum atomic E-state index is -3.45. The van der Waals surface area contributed by atoms with Crippen LogP contribution in [0.25, 0.3) is 21.8 Å². The van der Waals surface area contributed by atoms with E-state index in [4.69, 9.17) is 5.73 Å². The second kappa shape index (κ2) is 6.04. The summed E-state index contributed by atoms with van der Waals surface area (Å²) in [5, 5.41) is 17.1. The quantitative estimate of drug-likeness (QED) is 0.431. The highest BCUT2D eigenvalue weighted by molar-refractivity contribution is 7.89. The monoisotopic (exact) mass is 448 g/mol. The molecule has 3 heterocycles. The summed E-state index contributed by atoms with van der Waals surface area (Å²) in [6.07, 6.45) is 6.67. The maximum Gasteiger partial charge on any atom is 0.251 e. The van der Waals surface area contributed by atoms with Crippen LogP contribution in [0.3, 0.4) is 0 Å². The van der Waals surface area contributed by atoms with Crippen LogP contribution in [-0.2, 0) is 10.0 Å². The normalized spacial score (nSPS) is 28.7. The van der Waals surface area contributed by atoms with E-state index in [0.717, 1.165) is 26.1 Å². The first kappa shape index (κ1) is 18.5. The molecule has 8 nitrogen and oxygen atoms in total. The van der Waals surface area contributed by atoms with Crippen LogP contribution >= 0.6 is 0 Å². The van der Waals surface area contributed by atoms with Crippen molar-refractivity contribution in [3.63, 3.8) is 0 Å². The van der Waals surface area contributed by atoms with Crippen LogP contribution < -0.4 is 11.1 Å². The van der Waals surface area contributed by atoms with Gasteiger partial charge in [0.05, 0.1) is 29.5 Å². The average molecular weight is 449 g/mol. The smallest absolute Gasteiger partial charge is 0.251 e. The number of rotatable bonds is 2. The summed E-state index contributed by atoms with van der Waals surface area (Å²) in [5.41, 5.74) is 11.3. The predicted molar refractivity (Wildman–Crippen MR) is 124 cm³/mol. The number of benzene rings is 2. The van der Waals surface area contributed by atoms with Gasteiger partial charge in [-0.25, -0.2) is 8.42 Å². The molecule has 0 saturated heterocycles. The summed E-state index contributed by atoms with van der Waals surface area (Å²) in [6.45, 7) is 0. The third-order valence-electron chi connectivity index (χ3n) is 8.06. The van der Waals surface area contributed by atoms with Crippen molar-refractivity contribution in [2.24, 2.45) is 17.8 Å². The standard InChI is InChI=1S/C23H24N6O2S/c1-32(30,31)29-18-7-6-17-21(15(18)10-25-29)19-11-2-3-12(8-11)20(19)22(26-17)13-4-5-16-14(9-13)23(24)28-27-16/h4-7,9-12,19-20,22,26H,2-3,8H2,1H3,(H3,24,27,28)/t11?,12?,19-,20+,22-/m0/s1. The van der Waals surface area contributed by atoms with Gasteiger partial charge in [-0.3, -0.25) is 5.10 Å². The van der Waals surface area contributed by atoms with Crippen LogP contribution in [-0.4, -0.2) is 34.1 Å². The highest BCUT2D eigenvalue weighted by atomic mass is 32.2. The highest BCUT2D eigenvalue weighted by Gasteiger charge is 2.54. The van der Waals surface area contributed by atoms with Crippen molar-refractivity contribution >= 4 is 43.3 Å². The van der Waals surface area contributed by atoms with Crippen LogP contribution in [0.1, 0.15) is 42.3 Å². The maximum atomic E-state index is 12.2. The molecule has 2 bridgehead atoms. The fraction of sp³-hybridized carbons (Fsp3) is 0.391. The number of fused-ring (bicyclic) bond motifs is 10. The zero-order valence-corrected chi connectivity index (χ0v) is 18.4. The molecule has 2 aliphatic carbocycles. The summed E-state index contributed by atoms with van der Waals surface area (Å²) in [5.74, 6) is 2.67. The molecular weight excluding hydrogens is 424 g/mol. The lowest BCUT2D eigenvalue weighted by molar-refractivity contribution is 0.249. The van der Waals surface area contributed by atoms with E-state index in [9.17, 15) is 8.42 Å². The largest absolute Gasteiger partial charge is 0.382 e. The van der Waals surface area contributed by atoms with Gasteiger partial charge >= 0.3 is 0 Å². The minimum absolute atomic E-state index is 0.184. The van der Waals surface area contributed by atoms with Crippen LogP contribution in [0, 0.1) is 17.8 Å². The molecule has 2 fully saturated rings. The maximum absolute atomic E-state index is 12.2. The lowest BCUT2D eigenvalue weighted by Gasteiger charge is -2.43. The fourth-order valence-electron chi connectivity index (χ4n) is 6.91. The number of aromatic amines is 1. The van der Waals surface area contributed by atoms with Gasteiger partial charge in [0.2, 0.25) is 0 Å². The highest BCUT2D eigenvalue weighted by Crippen LogP contribution is 2.64. The molecule has 4 aromatic rings. The molecule has 9 heteroatoms. The minimum Gasteiger partial charge on any atom is -0.382 e. The Balaban J connectivity index is 1.43. The molecule has 2 aromatic carbocycles. The van der Waals surface area contributed by atoms with Crippen molar-refractivity contribution in [2.45, 2.75) is 31.2 Å². The molecule has 0 radical (unpaired) electrons. The van der Waals surface area contributed by atoms with E-state index >= 15 is 0 Å². The molecule has 2 unspecified atom stereocenters. The van der Waals surface area contributed by atoms with Gasteiger partial charge in [-0.05, 0) is 78.3 Å². The number of hydrogen-bond acceptors (Lipinski definition) is 6. The van der Waals surface area contributed by atoms with E-state index < -0.39 is 10.0 Å². The molecule has 2 aromatic heterocycles. The van der Waals surface area contributed by atoms with Gasteiger partial charge in [-0.2, -0.15) is 14.3 Å². The van der Waals surface area contributed by atoms with Crippen molar-refractivity contribution in [1.29, 1.82) is 0 Å². The first-order valence-corrected chi connectivity index (χ1v) is 13.0. The van der Waals surface area contributed by atoms with E-state index in [1.165, 1.54) is 36.6 Å². The van der Waals surface area contributed by atoms with Crippen LogP contribution in [0.15, 0.2) is 36.5 Å². The number of aromatic nitrogens is 4. The molecular formula is C23H24N6O2S. The third-order valence-corrected chi connectivity index (χ3v) is 8.98. The molecule has 3 aliphatic rings. The summed E-state index contributed by atoms with van der Waals surface area (Å²) >= 11 is 0. The fourth-order valence-corrected chi connectivity index (χ4v) is 7.64. The number of anilines is 2. The number of nitrogens with two attached hydrogens (primary N) is 1. The zero-order chi connectivity index (χ0) is 21.8. The van der Waals surface area contributed by atoms with Crippen LogP contribution in [0.2, 0.25) is 0 Å². The van der Waals surface area contributed by atoms with E-state index in [2.05, 4.69) is 38.8 Å². The number of nitrogen functional groups attached to an aromatic ring is 1. The van der Waals surface area contributed by atoms with Gasteiger partial charge in [-0.15, -0.1) is 0 Å². The number of H-pyrrole nitrogens is 1. The second-order valence-electron chi connectivity index (χ2n) is 9.68. The van der Waals surface area contributed by atoms with E-state index in [1.54, 1.807) is 6.20 Å². The van der Waals surface area contributed by atoms with Gasteiger partial charge in [0.25, 0.3) is 10.0 Å². The SMILES string of the molecule is CS(=O)(=O)n1ncc2c3c(ccc21)N[C@@H](c1ccc2[nH]nc(N)c2c1)[C@@H]1C2CCC(C2)[C@H]31. The molecule has 1 aliphatic heterocycles. The first-order chi connectivity index (χ1) is 15.4. The molecule has 32 heavy (non-hydrogen) atoms. The van der Waals surface area contributed by atoms with Crippen molar-refractivity contribution in [3.8, 4) is 0 Å². The van der Waals surface area contributed by atoms with Crippen LogP contribution in [0.5, 0.6) is 0 Å². The van der Waals surface area contributed by atoms with Gasteiger partial charge in [0.1, 0.15) is 0 Å². The Bertz CT molecular complexity index is 1520. The summed E-state index contributed by atoms with van der Waals surface area (Å²) in [6, 6.07) is 10.5. The lowest BCUT2D eigenvalue weighted by atomic mass is 9.67. The first-order valence-electron chi connectivity index (χ1n) is 11.1. The lowest BCUT2D eigenvalue weighted by Crippen LogP contribution is -2.35. The van der Waals surface area contributed by atoms with Gasteiger partial charge < -0.3 is 11.1 Å². The van der Waals surface area contributed by atoms with E-state index in [0.29, 0.717) is 35.0 Å². The summed E-state index contributed by atoms with van der Waals surface area (Å²) in [7, 11) is -3.45. The van der Waals surface area contributed by atoms with Crippen molar-refractivity contribution in [2.75, 3.05) is 17.3 Å². The molecule has 4 N–H and O–H groups in total. The van der Waals surface area contributed by atoms with E-state index in [1.807, 2.05) is 12.1 Å². The Morgan fingerprint density at radius 3 is 2.81 bits per heavy atom. The Morgan fingerprint density at radius 1 is 1.12 bits per heavy atom. The van der Waals surface area contributed by atoms with Crippen molar-refractivity contribution in [3.05, 3.63) is 47.7 Å². The molecule has 7 rings (SSSR count). The molecule has 0 spiro atoms. The average Bonchev–Trinajstić information content (AvgIpc) is 3.55. The third kappa shape index (κ3) is 2.34. The Hall–Kier alpha value is -3.07. The Labute approximate surface area is 185 Å². The van der Waals surface area contributed by atoms with Crippen LogP contribution in [0.4, 0.5) is 11.5 Å². The molecule has 164 valence electrons. The van der Waals surface area contributed by atoms with Gasteiger partial charge in [0.15, 0.2) is 5.82 Å². The van der Waals surface area contributed by atoms with Crippen molar-refractivity contribution < 1.29 is 8.42 Å². The van der Waals surface area contributed by atoms with Gasteiger partial charge in [-0.1, -0.05) is 6.07 Å². The molecule has 5 atom stereocenters. The topological polar surface area (TPSA) is 119 Å². The zero-order valence-electron chi connectivity index (χ0n) is 17.6. The Kier molecular flexibility index (Phi) is 3.49. The summed E-state index contributed by atoms with van der Waals surface area (Å²) in [4.78, 5) is 0. The number of hydrogen-bond donors (Lipinski definition) is 3. The summed E-state index contributed by atoms with van der Waals surface area (Å²) < 4.78 is 25.7. The Morgan fingerprint density at radius 2 is 1.97 bits per heavy atom. The second-order valence-corrected chi connectivity index (χ2v) is 11.5. The molecule has 0 amide bonds. The van der Waals surface area contributed by atoms with Gasteiger partial charge in [0, 0.05) is 16.5 Å². The number of nitrogens with one attached hydrogen (secondary N) is 2.